The van der Waals surface area contributed by atoms with Gasteiger partial charge in [-0.2, -0.15) is 0 Å². The minimum Gasteiger partial charge on any atom is -0.504 e. The standard InChI is InChI=1S/C11H16FNO3/c1-5-8(7(13)4-14)10(15)11(16-3)6(2)9(5)12/h7,14-15H,4,13H2,1-3H3. The van der Waals surface area contributed by atoms with Crippen LogP contribution in [0.1, 0.15) is 22.7 Å². The van der Waals surface area contributed by atoms with Crippen molar-refractivity contribution in [3.05, 3.63) is 22.5 Å². The van der Waals surface area contributed by atoms with Crippen molar-refractivity contribution >= 4 is 0 Å². The zero-order chi connectivity index (χ0) is 12.5. The molecule has 90 valence electrons. The van der Waals surface area contributed by atoms with Crippen LogP contribution >= 0.6 is 0 Å². The number of aliphatic hydroxyl groups excluding tert-OH is 1. The van der Waals surface area contributed by atoms with Crippen molar-refractivity contribution in [2.75, 3.05) is 13.7 Å². The number of rotatable bonds is 3. The van der Waals surface area contributed by atoms with Crippen molar-refractivity contribution in [1.82, 2.24) is 0 Å². The van der Waals surface area contributed by atoms with E-state index in [0.29, 0.717) is 0 Å². The Labute approximate surface area is 93.5 Å². The Morgan fingerprint density at radius 1 is 1.38 bits per heavy atom. The molecule has 0 aliphatic rings. The first-order chi connectivity index (χ1) is 7.45. The van der Waals surface area contributed by atoms with Crippen LogP contribution in [-0.4, -0.2) is 23.9 Å². The minimum absolute atomic E-state index is 0.0574. The van der Waals surface area contributed by atoms with Crippen LogP contribution in [0.3, 0.4) is 0 Å². The van der Waals surface area contributed by atoms with Gasteiger partial charge in [0.05, 0.1) is 19.8 Å². The van der Waals surface area contributed by atoms with E-state index in [1.165, 1.54) is 21.0 Å². The molecule has 0 aromatic heterocycles. The number of phenols is 1. The topological polar surface area (TPSA) is 75.7 Å². The van der Waals surface area contributed by atoms with Crippen molar-refractivity contribution in [2.45, 2.75) is 19.9 Å². The van der Waals surface area contributed by atoms with E-state index in [0.717, 1.165) is 0 Å². The maximum absolute atomic E-state index is 13.8. The van der Waals surface area contributed by atoms with Crippen molar-refractivity contribution in [3.8, 4) is 11.5 Å². The summed E-state index contributed by atoms with van der Waals surface area (Å²) in [6.07, 6.45) is 0. The zero-order valence-electron chi connectivity index (χ0n) is 9.54. The third-order valence-corrected chi connectivity index (χ3v) is 2.64. The minimum atomic E-state index is -0.830. The van der Waals surface area contributed by atoms with Gasteiger partial charge >= 0.3 is 0 Å². The van der Waals surface area contributed by atoms with Crippen LogP contribution in [-0.2, 0) is 0 Å². The number of aromatic hydroxyl groups is 1. The van der Waals surface area contributed by atoms with Crippen LogP contribution in [0, 0.1) is 19.7 Å². The van der Waals surface area contributed by atoms with E-state index in [1.54, 1.807) is 0 Å². The maximum Gasteiger partial charge on any atom is 0.166 e. The summed E-state index contributed by atoms with van der Waals surface area (Å²) in [5.41, 5.74) is 6.25. The first-order valence-corrected chi connectivity index (χ1v) is 4.87. The van der Waals surface area contributed by atoms with E-state index >= 15 is 0 Å². The van der Waals surface area contributed by atoms with Crippen LogP contribution < -0.4 is 10.5 Å². The fraction of sp³-hybridized carbons (Fsp3) is 0.455. The predicted octanol–water partition coefficient (Wildman–Crippen LogP) is 1.15. The molecule has 0 bridgehead atoms. The van der Waals surface area contributed by atoms with Crippen molar-refractivity contribution in [1.29, 1.82) is 0 Å². The fourth-order valence-corrected chi connectivity index (χ4v) is 1.77. The molecule has 1 aromatic rings. The van der Waals surface area contributed by atoms with Gasteiger partial charge < -0.3 is 20.7 Å². The lowest BCUT2D eigenvalue weighted by molar-refractivity contribution is 0.263. The van der Waals surface area contributed by atoms with Gasteiger partial charge in [-0.05, 0) is 19.4 Å². The third-order valence-electron chi connectivity index (χ3n) is 2.64. The smallest absolute Gasteiger partial charge is 0.166 e. The number of hydrogen-bond acceptors (Lipinski definition) is 4. The first-order valence-electron chi connectivity index (χ1n) is 4.87. The second kappa shape index (κ2) is 4.67. The van der Waals surface area contributed by atoms with E-state index in [4.69, 9.17) is 15.6 Å². The number of hydrogen-bond donors (Lipinski definition) is 3. The summed E-state index contributed by atoms with van der Waals surface area (Å²) < 4.78 is 18.7. The highest BCUT2D eigenvalue weighted by Crippen LogP contribution is 2.40. The number of halogens is 1. The summed E-state index contributed by atoms with van der Waals surface area (Å²) in [5.74, 6) is -0.629. The Morgan fingerprint density at radius 2 is 1.94 bits per heavy atom. The van der Waals surface area contributed by atoms with Gasteiger partial charge in [-0.3, -0.25) is 0 Å². The number of phenolic OH excluding ortho intramolecular Hbond substituents is 1. The van der Waals surface area contributed by atoms with Crippen LogP contribution in [0.15, 0.2) is 0 Å². The van der Waals surface area contributed by atoms with Gasteiger partial charge in [-0.1, -0.05) is 0 Å². The molecule has 0 aliphatic carbocycles. The molecule has 0 saturated carbocycles. The zero-order valence-corrected chi connectivity index (χ0v) is 9.54. The number of benzene rings is 1. The number of ether oxygens (including phenoxy) is 1. The molecule has 4 N–H and O–H groups in total. The highest BCUT2D eigenvalue weighted by Gasteiger charge is 2.23. The van der Waals surface area contributed by atoms with Crippen LogP contribution in [0.25, 0.3) is 0 Å². The van der Waals surface area contributed by atoms with Gasteiger partial charge in [0.2, 0.25) is 0 Å². The molecule has 0 radical (unpaired) electrons. The largest absolute Gasteiger partial charge is 0.504 e. The van der Waals surface area contributed by atoms with E-state index < -0.39 is 11.9 Å². The fourth-order valence-electron chi connectivity index (χ4n) is 1.77. The highest BCUT2D eigenvalue weighted by molar-refractivity contribution is 5.56. The number of methoxy groups -OCH3 is 1. The van der Waals surface area contributed by atoms with Gasteiger partial charge in [0.1, 0.15) is 5.82 Å². The predicted molar refractivity (Wildman–Crippen MR) is 58.1 cm³/mol. The van der Waals surface area contributed by atoms with Crippen molar-refractivity contribution in [2.24, 2.45) is 5.73 Å². The van der Waals surface area contributed by atoms with E-state index in [-0.39, 0.29) is 34.8 Å². The average Bonchev–Trinajstić information content (AvgIpc) is 2.27. The monoisotopic (exact) mass is 229 g/mol. The molecule has 1 unspecified atom stereocenters. The molecule has 1 rings (SSSR count). The molecular formula is C11H16FNO3. The molecule has 4 nitrogen and oxygen atoms in total. The molecule has 1 aromatic carbocycles. The number of aliphatic hydroxyl groups is 1. The summed E-state index contributed by atoms with van der Waals surface area (Å²) in [6, 6.07) is -0.830. The molecule has 0 saturated heterocycles. The molecule has 0 heterocycles. The third kappa shape index (κ3) is 1.83. The van der Waals surface area contributed by atoms with E-state index in [2.05, 4.69) is 0 Å². The SMILES string of the molecule is COc1c(C)c(F)c(C)c(C(N)CO)c1O. The number of nitrogens with two attached hydrogens (primary N) is 1. The lowest BCUT2D eigenvalue weighted by Crippen LogP contribution is -2.17. The Kier molecular flexibility index (Phi) is 3.72. The maximum atomic E-state index is 13.8. The Bertz CT molecular complexity index is 407. The lowest BCUT2D eigenvalue weighted by atomic mass is 9.97. The molecule has 5 heteroatoms. The summed E-state index contributed by atoms with van der Waals surface area (Å²) in [4.78, 5) is 0. The van der Waals surface area contributed by atoms with Gasteiger partial charge in [-0.15, -0.1) is 0 Å². The molecule has 0 amide bonds. The normalized spacial score (nSPS) is 12.6. The van der Waals surface area contributed by atoms with E-state index in [9.17, 15) is 9.50 Å². The van der Waals surface area contributed by atoms with Crippen LogP contribution in [0.5, 0.6) is 11.5 Å². The molecule has 0 aliphatic heterocycles. The Balaban J connectivity index is 3.55. The lowest BCUT2D eigenvalue weighted by Gasteiger charge is -2.19. The van der Waals surface area contributed by atoms with E-state index in [1.807, 2.05) is 0 Å². The van der Waals surface area contributed by atoms with Gasteiger partial charge in [0.15, 0.2) is 11.5 Å². The summed E-state index contributed by atoms with van der Waals surface area (Å²) >= 11 is 0. The molecule has 16 heavy (non-hydrogen) atoms. The van der Waals surface area contributed by atoms with Gasteiger partial charge in [0.25, 0.3) is 0 Å². The first kappa shape index (κ1) is 12.7. The molecule has 0 spiro atoms. The highest BCUT2D eigenvalue weighted by atomic mass is 19.1. The second-order valence-corrected chi connectivity index (χ2v) is 3.65. The van der Waals surface area contributed by atoms with Gasteiger partial charge in [-0.25, -0.2) is 4.39 Å². The average molecular weight is 229 g/mol. The Morgan fingerprint density at radius 3 is 2.38 bits per heavy atom. The molecule has 1 atom stereocenters. The molecule has 0 fully saturated rings. The van der Waals surface area contributed by atoms with Crippen molar-refractivity contribution < 1.29 is 19.3 Å². The van der Waals surface area contributed by atoms with Crippen LogP contribution in [0.4, 0.5) is 4.39 Å². The van der Waals surface area contributed by atoms with Gasteiger partial charge in [0, 0.05) is 11.1 Å². The summed E-state index contributed by atoms with van der Waals surface area (Å²) in [5, 5.41) is 18.9. The summed E-state index contributed by atoms with van der Waals surface area (Å²) in [6.45, 7) is 2.64. The van der Waals surface area contributed by atoms with Crippen LogP contribution in [0.2, 0.25) is 0 Å². The summed E-state index contributed by atoms with van der Waals surface area (Å²) in [7, 11) is 1.34. The Hall–Kier alpha value is -1.33. The molecular weight excluding hydrogens is 213 g/mol. The quantitative estimate of drug-likeness (QED) is 0.726. The second-order valence-electron chi connectivity index (χ2n) is 3.65. The van der Waals surface area contributed by atoms with Crippen molar-refractivity contribution in [3.63, 3.8) is 0 Å².